The number of amides is 1. The minimum Gasteiger partial charge on any atom is -0.346 e. The van der Waals surface area contributed by atoms with Crippen LogP contribution in [0.25, 0.3) is 22.4 Å². The molecule has 1 N–H and O–H groups in total. The molecule has 0 radical (unpaired) electrons. The van der Waals surface area contributed by atoms with Gasteiger partial charge in [0.15, 0.2) is 0 Å². The summed E-state index contributed by atoms with van der Waals surface area (Å²) >= 11 is 0. The second-order valence-corrected chi connectivity index (χ2v) is 8.60. The minimum atomic E-state index is 0.00314. The van der Waals surface area contributed by atoms with Crippen LogP contribution < -0.4 is 5.56 Å². The number of aromatic amines is 1. The van der Waals surface area contributed by atoms with Crippen molar-refractivity contribution >= 4 is 16.9 Å². The maximum Gasteiger partial charge on any atom is 0.261 e. The van der Waals surface area contributed by atoms with Gasteiger partial charge in [-0.2, -0.15) is 0 Å². The molecule has 1 amide bonds. The Morgan fingerprint density at radius 3 is 2.90 bits per heavy atom. The molecule has 8 heteroatoms. The molecule has 2 aliphatic rings. The summed E-state index contributed by atoms with van der Waals surface area (Å²) in [5.41, 5.74) is 3.02. The monoisotopic (exact) mass is 414 g/mol. The predicted octanol–water partition coefficient (Wildman–Crippen LogP) is 2.38. The van der Waals surface area contributed by atoms with Crippen molar-refractivity contribution in [2.45, 2.75) is 18.9 Å². The Labute approximate surface area is 178 Å². The molecule has 2 aliphatic heterocycles. The van der Waals surface area contributed by atoms with Gasteiger partial charge in [0.2, 0.25) is 0 Å². The molecule has 0 spiro atoms. The number of imidazole rings is 1. The van der Waals surface area contributed by atoms with Crippen LogP contribution in [0.15, 0.2) is 53.8 Å². The summed E-state index contributed by atoms with van der Waals surface area (Å²) < 4.78 is 3.77. The fourth-order valence-electron chi connectivity index (χ4n) is 5.15. The molecule has 31 heavy (non-hydrogen) atoms. The smallest absolute Gasteiger partial charge is 0.261 e. The van der Waals surface area contributed by atoms with Gasteiger partial charge in [-0.05, 0) is 36.6 Å². The second kappa shape index (κ2) is 6.66. The molecule has 6 heterocycles. The van der Waals surface area contributed by atoms with Crippen LogP contribution in [0.5, 0.6) is 0 Å². The summed E-state index contributed by atoms with van der Waals surface area (Å²) in [6.07, 6.45) is 8.02. The van der Waals surface area contributed by atoms with Crippen LogP contribution in [0.2, 0.25) is 0 Å². The molecule has 1 fully saturated rings. The van der Waals surface area contributed by atoms with Gasteiger partial charge in [-0.1, -0.05) is 0 Å². The molecule has 1 saturated heterocycles. The molecule has 8 nitrogen and oxygen atoms in total. The molecule has 0 aliphatic carbocycles. The van der Waals surface area contributed by atoms with Crippen molar-refractivity contribution in [3.63, 3.8) is 0 Å². The lowest BCUT2D eigenvalue weighted by molar-refractivity contribution is 0.0594. The maximum atomic E-state index is 13.2. The van der Waals surface area contributed by atoms with Gasteiger partial charge >= 0.3 is 0 Å². The average molecular weight is 414 g/mol. The third kappa shape index (κ3) is 2.82. The van der Waals surface area contributed by atoms with Crippen molar-refractivity contribution in [3.8, 4) is 11.4 Å². The van der Waals surface area contributed by atoms with Crippen molar-refractivity contribution in [2.75, 3.05) is 13.1 Å². The minimum absolute atomic E-state index is 0.00314. The van der Waals surface area contributed by atoms with Crippen LogP contribution >= 0.6 is 0 Å². The molecule has 0 aromatic carbocycles. The van der Waals surface area contributed by atoms with E-state index in [2.05, 4.69) is 15.0 Å². The number of aryl methyl sites for hydroxylation is 1. The van der Waals surface area contributed by atoms with Gasteiger partial charge in [0.05, 0.1) is 11.1 Å². The SMILES string of the molecule is Cn1ccnc1-c1ccc2n(c1=O)C[C@H]1C[C@@H]2CN(C(=O)c2cnc3[nH]ccc3c2)C1. The second-order valence-electron chi connectivity index (χ2n) is 8.60. The Balaban J connectivity index is 1.32. The molecule has 6 rings (SSSR count). The zero-order chi connectivity index (χ0) is 21.1. The normalized spacial score (nSPS) is 20.1. The number of nitrogens with one attached hydrogen (secondary N) is 1. The fraction of sp³-hybridized carbons (Fsp3) is 0.304. The maximum absolute atomic E-state index is 13.2. The first kappa shape index (κ1) is 18.1. The van der Waals surface area contributed by atoms with Crippen molar-refractivity contribution in [1.82, 2.24) is 29.0 Å². The number of likely N-dealkylation sites (tertiary alicyclic amines) is 1. The van der Waals surface area contributed by atoms with E-state index < -0.39 is 0 Å². The van der Waals surface area contributed by atoms with Crippen molar-refractivity contribution in [3.05, 3.63) is 70.7 Å². The quantitative estimate of drug-likeness (QED) is 0.545. The van der Waals surface area contributed by atoms with E-state index >= 15 is 0 Å². The summed E-state index contributed by atoms with van der Waals surface area (Å²) in [7, 11) is 1.89. The number of hydrogen-bond acceptors (Lipinski definition) is 4. The summed E-state index contributed by atoms with van der Waals surface area (Å²) in [5, 5.41) is 0.932. The molecule has 2 bridgehead atoms. The van der Waals surface area contributed by atoms with E-state index in [9.17, 15) is 9.59 Å². The Morgan fingerprint density at radius 2 is 2.06 bits per heavy atom. The first-order valence-corrected chi connectivity index (χ1v) is 10.5. The van der Waals surface area contributed by atoms with Crippen LogP contribution in [0, 0.1) is 5.92 Å². The number of H-pyrrole nitrogens is 1. The molecule has 2 atom stereocenters. The highest BCUT2D eigenvalue weighted by Crippen LogP contribution is 2.36. The highest BCUT2D eigenvalue weighted by molar-refractivity contribution is 5.97. The summed E-state index contributed by atoms with van der Waals surface area (Å²) in [4.78, 5) is 40.2. The number of nitrogens with zero attached hydrogens (tertiary/aromatic N) is 5. The van der Waals surface area contributed by atoms with E-state index in [-0.39, 0.29) is 23.3 Å². The van der Waals surface area contributed by atoms with Gasteiger partial charge in [-0.25, -0.2) is 9.97 Å². The van der Waals surface area contributed by atoms with Crippen LogP contribution in [0.1, 0.15) is 28.4 Å². The Hall–Kier alpha value is -3.68. The van der Waals surface area contributed by atoms with E-state index in [1.165, 1.54) is 0 Å². The van der Waals surface area contributed by atoms with Gasteiger partial charge in [0.25, 0.3) is 11.5 Å². The van der Waals surface area contributed by atoms with Gasteiger partial charge < -0.3 is 19.0 Å². The number of pyridine rings is 2. The lowest BCUT2D eigenvalue weighted by Gasteiger charge is -2.42. The first-order chi connectivity index (χ1) is 15.1. The highest BCUT2D eigenvalue weighted by Gasteiger charge is 2.37. The van der Waals surface area contributed by atoms with E-state index in [0.717, 1.165) is 23.1 Å². The zero-order valence-electron chi connectivity index (χ0n) is 17.2. The van der Waals surface area contributed by atoms with Crippen LogP contribution in [0.4, 0.5) is 0 Å². The summed E-state index contributed by atoms with van der Waals surface area (Å²) in [5.74, 6) is 1.10. The van der Waals surface area contributed by atoms with Crippen LogP contribution in [0.3, 0.4) is 0 Å². The summed E-state index contributed by atoms with van der Waals surface area (Å²) in [6, 6.07) is 7.73. The van der Waals surface area contributed by atoms with Crippen molar-refractivity contribution < 1.29 is 4.79 Å². The van der Waals surface area contributed by atoms with E-state index in [0.29, 0.717) is 36.6 Å². The number of carbonyl (C=O) groups is 1. The van der Waals surface area contributed by atoms with E-state index in [1.54, 1.807) is 12.4 Å². The molecule has 156 valence electrons. The number of hydrogen-bond donors (Lipinski definition) is 1. The molecule has 0 unspecified atom stereocenters. The molecule has 0 saturated carbocycles. The third-order valence-electron chi connectivity index (χ3n) is 6.60. The molecule has 4 aromatic heterocycles. The van der Waals surface area contributed by atoms with E-state index in [4.69, 9.17) is 0 Å². The van der Waals surface area contributed by atoms with Gasteiger partial charge in [0.1, 0.15) is 11.5 Å². The number of fused-ring (bicyclic) bond motifs is 5. The van der Waals surface area contributed by atoms with Crippen LogP contribution in [-0.2, 0) is 13.6 Å². The molecule has 4 aromatic rings. The lowest BCUT2D eigenvalue weighted by atomic mass is 9.82. The Kier molecular flexibility index (Phi) is 3.89. The average Bonchev–Trinajstić information content (AvgIpc) is 3.42. The van der Waals surface area contributed by atoms with Crippen molar-refractivity contribution in [2.24, 2.45) is 13.0 Å². The number of rotatable bonds is 2. The Bertz CT molecular complexity index is 1380. The largest absolute Gasteiger partial charge is 0.346 e. The number of aromatic nitrogens is 5. The molecular weight excluding hydrogens is 392 g/mol. The van der Waals surface area contributed by atoms with Crippen molar-refractivity contribution in [1.29, 1.82) is 0 Å². The number of carbonyl (C=O) groups excluding carboxylic acids is 1. The van der Waals surface area contributed by atoms with Crippen LogP contribution in [-0.4, -0.2) is 48.0 Å². The lowest BCUT2D eigenvalue weighted by Crippen LogP contribution is -2.49. The Morgan fingerprint density at radius 1 is 1.16 bits per heavy atom. The molecular formula is C23H22N6O2. The standard InChI is InChI=1S/C23H22N6O2/c1-27-7-6-25-21(27)18-2-3-19-17-8-14(12-29(19)23(18)31)11-28(13-17)22(30)16-9-15-4-5-24-20(15)26-10-16/h2-7,9-10,14,17H,8,11-13H2,1H3,(H,24,26)/t14-,17+/m0/s1. The first-order valence-electron chi connectivity index (χ1n) is 10.5. The van der Waals surface area contributed by atoms with Gasteiger partial charge in [-0.3, -0.25) is 9.59 Å². The van der Waals surface area contributed by atoms with Gasteiger partial charge in [-0.15, -0.1) is 0 Å². The number of piperidine rings is 1. The fourth-order valence-corrected chi connectivity index (χ4v) is 5.15. The predicted molar refractivity (Wildman–Crippen MR) is 116 cm³/mol. The zero-order valence-corrected chi connectivity index (χ0v) is 17.2. The van der Waals surface area contributed by atoms with E-state index in [1.807, 2.05) is 57.7 Å². The summed E-state index contributed by atoms with van der Waals surface area (Å²) in [6.45, 7) is 1.89. The highest BCUT2D eigenvalue weighted by atomic mass is 16.2. The topological polar surface area (TPSA) is 88.8 Å². The van der Waals surface area contributed by atoms with Gasteiger partial charge in [0, 0.05) is 68.5 Å². The third-order valence-corrected chi connectivity index (χ3v) is 6.60.